The van der Waals surface area contributed by atoms with Gasteiger partial charge in [-0.1, -0.05) is 25.1 Å². The van der Waals surface area contributed by atoms with Gasteiger partial charge in [-0.05, 0) is 31.0 Å². The van der Waals surface area contributed by atoms with Crippen LogP contribution in [0.4, 0.5) is 0 Å². The van der Waals surface area contributed by atoms with Crippen LogP contribution in [0.1, 0.15) is 35.5 Å². The molecule has 0 aliphatic heterocycles. The van der Waals surface area contributed by atoms with Gasteiger partial charge in [0.05, 0.1) is 12.2 Å². The van der Waals surface area contributed by atoms with E-state index in [1.165, 1.54) is 0 Å². The van der Waals surface area contributed by atoms with E-state index in [1.807, 2.05) is 6.92 Å². The molecule has 0 spiro atoms. The van der Waals surface area contributed by atoms with E-state index >= 15 is 0 Å². The molecule has 0 fully saturated rings. The van der Waals surface area contributed by atoms with Crippen LogP contribution in [0.3, 0.4) is 0 Å². The summed E-state index contributed by atoms with van der Waals surface area (Å²) < 4.78 is 6.72. The SMILES string of the molecule is C=C(C(=O)O)c1c(C(=O)OCC)n(C)c2ccc(Cl)c(CC)c12. The summed E-state index contributed by atoms with van der Waals surface area (Å²) in [7, 11) is 1.70. The molecule has 1 aromatic heterocycles. The van der Waals surface area contributed by atoms with Gasteiger partial charge in [-0.25, -0.2) is 9.59 Å². The second-order valence-corrected chi connectivity index (χ2v) is 5.47. The summed E-state index contributed by atoms with van der Waals surface area (Å²) >= 11 is 6.26. The Morgan fingerprint density at radius 1 is 1.35 bits per heavy atom. The van der Waals surface area contributed by atoms with Gasteiger partial charge in [0.15, 0.2) is 0 Å². The lowest BCUT2D eigenvalue weighted by Crippen LogP contribution is -2.13. The minimum Gasteiger partial charge on any atom is -0.478 e. The normalized spacial score (nSPS) is 10.8. The van der Waals surface area contributed by atoms with Crippen molar-refractivity contribution >= 4 is 40.0 Å². The number of aromatic nitrogens is 1. The van der Waals surface area contributed by atoms with Crippen LogP contribution in [-0.4, -0.2) is 28.2 Å². The van der Waals surface area contributed by atoms with E-state index in [-0.39, 0.29) is 23.4 Å². The second kappa shape index (κ2) is 6.46. The number of carboxylic acids is 1. The molecule has 5 nitrogen and oxygen atoms in total. The lowest BCUT2D eigenvalue weighted by Gasteiger charge is -2.08. The van der Waals surface area contributed by atoms with Gasteiger partial charge in [0.25, 0.3) is 0 Å². The molecule has 2 rings (SSSR count). The summed E-state index contributed by atoms with van der Waals surface area (Å²) in [5.41, 5.74) is 1.79. The van der Waals surface area contributed by atoms with E-state index in [9.17, 15) is 14.7 Å². The number of nitrogens with zero attached hydrogens (tertiary/aromatic N) is 1. The molecule has 0 aliphatic carbocycles. The molecule has 1 heterocycles. The molecule has 0 saturated heterocycles. The molecular formula is C17H18ClNO4. The summed E-state index contributed by atoms with van der Waals surface area (Å²) in [6.45, 7) is 7.44. The molecule has 23 heavy (non-hydrogen) atoms. The van der Waals surface area contributed by atoms with E-state index in [0.717, 1.165) is 5.56 Å². The van der Waals surface area contributed by atoms with Crippen molar-refractivity contribution in [2.24, 2.45) is 7.05 Å². The number of carbonyl (C=O) groups excluding carboxylic acids is 1. The number of benzene rings is 1. The summed E-state index contributed by atoms with van der Waals surface area (Å²) in [6.07, 6.45) is 0.600. The zero-order valence-corrected chi connectivity index (χ0v) is 14.0. The highest BCUT2D eigenvalue weighted by Gasteiger charge is 2.28. The van der Waals surface area contributed by atoms with Gasteiger partial charge < -0.3 is 14.4 Å². The van der Waals surface area contributed by atoms with Crippen molar-refractivity contribution in [3.05, 3.63) is 40.6 Å². The summed E-state index contributed by atoms with van der Waals surface area (Å²) in [5, 5.41) is 10.5. The fourth-order valence-electron chi connectivity index (χ4n) is 2.76. The van der Waals surface area contributed by atoms with Crippen LogP contribution in [-0.2, 0) is 23.0 Å². The van der Waals surface area contributed by atoms with E-state index in [4.69, 9.17) is 16.3 Å². The number of aryl methyl sites for hydroxylation is 2. The van der Waals surface area contributed by atoms with Crippen LogP contribution < -0.4 is 0 Å². The molecular weight excluding hydrogens is 318 g/mol. The highest BCUT2D eigenvalue weighted by Crippen LogP contribution is 2.36. The third kappa shape index (κ3) is 2.72. The monoisotopic (exact) mass is 335 g/mol. The maximum Gasteiger partial charge on any atom is 0.355 e. The maximum absolute atomic E-state index is 12.4. The van der Waals surface area contributed by atoms with Crippen molar-refractivity contribution in [1.29, 1.82) is 0 Å². The van der Waals surface area contributed by atoms with Crippen molar-refractivity contribution in [3.63, 3.8) is 0 Å². The number of hydrogen-bond acceptors (Lipinski definition) is 3. The predicted octanol–water partition coefficient (Wildman–Crippen LogP) is 3.67. The van der Waals surface area contributed by atoms with Crippen molar-refractivity contribution in [3.8, 4) is 0 Å². The Kier molecular flexibility index (Phi) is 4.80. The molecule has 122 valence electrons. The first-order valence-electron chi connectivity index (χ1n) is 7.24. The molecule has 2 aromatic rings. The predicted molar refractivity (Wildman–Crippen MR) is 89.9 cm³/mol. The van der Waals surface area contributed by atoms with Gasteiger partial charge in [0, 0.05) is 28.5 Å². The summed E-state index contributed by atoms with van der Waals surface area (Å²) in [5.74, 6) is -1.77. The zero-order chi connectivity index (χ0) is 17.3. The Hall–Kier alpha value is -2.27. The average molecular weight is 336 g/mol. The van der Waals surface area contributed by atoms with Gasteiger partial charge >= 0.3 is 11.9 Å². The standard InChI is InChI=1S/C17H18ClNO4/c1-5-10-11(18)7-8-12-14(10)13(9(3)16(20)21)15(19(12)4)17(22)23-6-2/h7-8H,3,5-6H2,1-2,4H3,(H,20,21). The summed E-state index contributed by atoms with van der Waals surface area (Å²) in [4.78, 5) is 23.8. The highest BCUT2D eigenvalue weighted by atomic mass is 35.5. The number of carbonyl (C=O) groups is 2. The lowest BCUT2D eigenvalue weighted by atomic mass is 9.98. The van der Waals surface area contributed by atoms with Crippen molar-refractivity contribution in [1.82, 2.24) is 4.57 Å². The van der Waals surface area contributed by atoms with Crippen LogP contribution >= 0.6 is 11.6 Å². The van der Waals surface area contributed by atoms with Crippen molar-refractivity contribution in [2.45, 2.75) is 20.3 Å². The molecule has 0 unspecified atom stereocenters. The Morgan fingerprint density at radius 2 is 2.00 bits per heavy atom. The highest BCUT2D eigenvalue weighted by molar-refractivity contribution is 6.33. The van der Waals surface area contributed by atoms with E-state index < -0.39 is 11.9 Å². The first-order valence-corrected chi connectivity index (χ1v) is 7.62. The van der Waals surface area contributed by atoms with Crippen LogP contribution in [0.25, 0.3) is 16.5 Å². The smallest absolute Gasteiger partial charge is 0.355 e. The number of fused-ring (bicyclic) bond motifs is 1. The van der Waals surface area contributed by atoms with E-state index in [2.05, 4.69) is 6.58 Å². The number of aliphatic carboxylic acids is 1. The van der Waals surface area contributed by atoms with Crippen molar-refractivity contribution < 1.29 is 19.4 Å². The first-order chi connectivity index (χ1) is 10.8. The molecule has 0 aliphatic rings. The average Bonchev–Trinajstić information content (AvgIpc) is 2.79. The van der Waals surface area contributed by atoms with Crippen LogP contribution in [0.15, 0.2) is 18.7 Å². The van der Waals surface area contributed by atoms with E-state index in [0.29, 0.717) is 22.3 Å². The third-order valence-electron chi connectivity index (χ3n) is 3.80. The van der Waals surface area contributed by atoms with Gasteiger partial charge in [-0.3, -0.25) is 0 Å². The number of esters is 1. The molecule has 0 saturated carbocycles. The second-order valence-electron chi connectivity index (χ2n) is 5.06. The minimum absolute atomic E-state index is 0.157. The molecule has 0 radical (unpaired) electrons. The largest absolute Gasteiger partial charge is 0.478 e. The Bertz CT molecular complexity index is 820. The molecule has 0 amide bonds. The quantitative estimate of drug-likeness (QED) is 0.668. The van der Waals surface area contributed by atoms with Crippen LogP contribution in [0.5, 0.6) is 0 Å². The topological polar surface area (TPSA) is 68.5 Å². The Balaban J connectivity index is 2.97. The van der Waals surface area contributed by atoms with Crippen LogP contribution in [0.2, 0.25) is 5.02 Å². The third-order valence-corrected chi connectivity index (χ3v) is 4.15. The molecule has 0 atom stereocenters. The molecule has 1 N–H and O–H groups in total. The molecule has 0 bridgehead atoms. The molecule has 6 heteroatoms. The Labute approximate surface area is 139 Å². The zero-order valence-electron chi connectivity index (χ0n) is 13.3. The Morgan fingerprint density at radius 3 is 2.52 bits per heavy atom. The van der Waals surface area contributed by atoms with Gasteiger partial charge in [0.2, 0.25) is 0 Å². The lowest BCUT2D eigenvalue weighted by molar-refractivity contribution is -0.130. The first kappa shape index (κ1) is 17.1. The number of halogens is 1. The van der Waals surface area contributed by atoms with Crippen LogP contribution in [0, 0.1) is 0 Å². The van der Waals surface area contributed by atoms with Gasteiger partial charge in [-0.2, -0.15) is 0 Å². The van der Waals surface area contributed by atoms with E-state index in [1.54, 1.807) is 30.7 Å². The maximum atomic E-state index is 12.4. The number of ether oxygens (including phenoxy) is 1. The molecule has 1 aromatic carbocycles. The summed E-state index contributed by atoms with van der Waals surface area (Å²) in [6, 6.07) is 3.50. The minimum atomic E-state index is -1.19. The number of hydrogen-bond donors (Lipinski definition) is 1. The van der Waals surface area contributed by atoms with Crippen molar-refractivity contribution in [2.75, 3.05) is 6.61 Å². The fraction of sp³-hybridized carbons (Fsp3) is 0.294. The van der Waals surface area contributed by atoms with Gasteiger partial charge in [-0.15, -0.1) is 0 Å². The van der Waals surface area contributed by atoms with Gasteiger partial charge in [0.1, 0.15) is 5.69 Å². The number of carboxylic acid groups (broad SMARTS) is 1. The number of rotatable bonds is 5. The fourth-order valence-corrected chi connectivity index (χ4v) is 3.05.